The van der Waals surface area contributed by atoms with Gasteiger partial charge in [0.25, 0.3) is 0 Å². The molecule has 3 N–H and O–H groups in total. The van der Waals surface area contributed by atoms with Crippen molar-refractivity contribution in [2.45, 2.75) is 19.3 Å². The number of hydrogen-bond acceptors (Lipinski definition) is 3. The average Bonchev–Trinajstić information content (AvgIpc) is 3.34. The first-order chi connectivity index (χ1) is 10.6. The van der Waals surface area contributed by atoms with E-state index >= 15 is 0 Å². The summed E-state index contributed by atoms with van der Waals surface area (Å²) >= 11 is 0. The van der Waals surface area contributed by atoms with Crippen molar-refractivity contribution in [1.82, 2.24) is 5.43 Å². The second-order valence-corrected chi connectivity index (χ2v) is 5.65. The van der Waals surface area contributed by atoms with Gasteiger partial charge in [-0.2, -0.15) is 5.10 Å². The van der Waals surface area contributed by atoms with Crippen LogP contribution < -0.4 is 11.2 Å². The van der Waals surface area contributed by atoms with Gasteiger partial charge < -0.3 is 5.73 Å². The molecule has 0 bridgehead atoms. The highest BCUT2D eigenvalue weighted by atomic mass is 16.2. The van der Waals surface area contributed by atoms with Gasteiger partial charge in [-0.05, 0) is 42.5 Å². The number of anilines is 1. The fourth-order valence-corrected chi connectivity index (χ4v) is 2.56. The zero-order valence-corrected chi connectivity index (χ0v) is 12.5. The van der Waals surface area contributed by atoms with Crippen molar-refractivity contribution in [2.24, 2.45) is 11.0 Å². The van der Waals surface area contributed by atoms with Crippen molar-refractivity contribution in [2.75, 3.05) is 5.73 Å². The Bertz CT molecular complexity index is 692. The van der Waals surface area contributed by atoms with Gasteiger partial charge >= 0.3 is 0 Å². The summed E-state index contributed by atoms with van der Waals surface area (Å²) in [6, 6.07) is 17.6. The van der Waals surface area contributed by atoms with E-state index in [1.807, 2.05) is 49.4 Å². The Morgan fingerprint density at radius 2 is 1.82 bits per heavy atom. The molecule has 22 heavy (non-hydrogen) atoms. The van der Waals surface area contributed by atoms with Crippen LogP contribution in [0.2, 0.25) is 0 Å². The number of nitrogens with one attached hydrogen (secondary N) is 1. The maximum Gasteiger partial charge on any atom is 0.243 e. The lowest BCUT2D eigenvalue weighted by Crippen LogP contribution is -2.21. The Morgan fingerprint density at radius 1 is 1.14 bits per heavy atom. The summed E-state index contributed by atoms with van der Waals surface area (Å²) < 4.78 is 0. The Labute approximate surface area is 130 Å². The molecule has 2 aromatic rings. The molecule has 1 saturated carbocycles. The molecule has 4 heteroatoms. The van der Waals surface area contributed by atoms with Crippen LogP contribution in [0.25, 0.3) is 0 Å². The molecule has 0 aromatic heterocycles. The average molecular weight is 293 g/mol. The number of hydrazone groups is 1. The molecule has 4 nitrogen and oxygen atoms in total. The van der Waals surface area contributed by atoms with Crippen molar-refractivity contribution in [3.05, 3.63) is 65.7 Å². The van der Waals surface area contributed by atoms with Gasteiger partial charge in [-0.15, -0.1) is 0 Å². The van der Waals surface area contributed by atoms with E-state index in [-0.39, 0.29) is 11.8 Å². The van der Waals surface area contributed by atoms with Crippen molar-refractivity contribution >= 4 is 17.3 Å². The molecule has 1 aliphatic rings. The number of nitrogen functional groups attached to an aromatic ring is 1. The van der Waals surface area contributed by atoms with Crippen LogP contribution >= 0.6 is 0 Å². The van der Waals surface area contributed by atoms with Gasteiger partial charge in [0.05, 0.1) is 5.71 Å². The van der Waals surface area contributed by atoms with E-state index in [4.69, 9.17) is 5.73 Å². The number of nitrogens with two attached hydrogens (primary N) is 1. The second kappa shape index (κ2) is 6.02. The lowest BCUT2D eigenvalue weighted by molar-refractivity contribution is -0.122. The maximum atomic E-state index is 12.1. The number of nitrogens with zero attached hydrogens (tertiary/aromatic N) is 1. The van der Waals surface area contributed by atoms with Crippen LogP contribution in [0.15, 0.2) is 59.7 Å². The Hall–Kier alpha value is -2.62. The molecular weight excluding hydrogens is 274 g/mol. The monoisotopic (exact) mass is 293 g/mol. The smallest absolute Gasteiger partial charge is 0.243 e. The molecule has 1 amide bonds. The zero-order valence-electron chi connectivity index (χ0n) is 12.5. The number of hydrogen-bond donors (Lipinski definition) is 2. The highest BCUT2D eigenvalue weighted by Gasteiger charge is 2.43. The van der Waals surface area contributed by atoms with Gasteiger partial charge in [-0.25, -0.2) is 5.43 Å². The second-order valence-electron chi connectivity index (χ2n) is 5.65. The standard InChI is InChI=1S/C18H19N3O/c1-12(13-7-9-15(19)10-8-13)20-21-18(22)17-11-16(17)14-5-3-2-4-6-14/h2-10,16-17H,11,19H2,1H3,(H,21,22)/b20-12-/t16-,17+/m0/s1. The van der Waals surface area contributed by atoms with Crippen molar-refractivity contribution in [3.8, 4) is 0 Å². The number of carbonyl (C=O) groups excluding carboxylic acids is 1. The fourth-order valence-electron chi connectivity index (χ4n) is 2.56. The molecule has 0 spiro atoms. The third-order valence-electron chi connectivity index (χ3n) is 4.02. The van der Waals surface area contributed by atoms with Crippen molar-refractivity contribution < 1.29 is 4.79 Å². The molecule has 0 aliphatic heterocycles. The Kier molecular flexibility index (Phi) is 3.92. The van der Waals surface area contributed by atoms with Crippen LogP contribution in [-0.2, 0) is 4.79 Å². The number of benzene rings is 2. The first-order valence-corrected chi connectivity index (χ1v) is 7.40. The lowest BCUT2D eigenvalue weighted by atomic mass is 10.1. The van der Waals surface area contributed by atoms with Gasteiger partial charge in [0.1, 0.15) is 0 Å². The molecule has 1 aliphatic carbocycles. The van der Waals surface area contributed by atoms with Crippen LogP contribution in [0.5, 0.6) is 0 Å². The summed E-state index contributed by atoms with van der Waals surface area (Å²) in [5.41, 5.74) is 12.0. The minimum Gasteiger partial charge on any atom is -0.399 e. The van der Waals surface area contributed by atoms with Crippen LogP contribution in [0.1, 0.15) is 30.4 Å². The molecule has 0 unspecified atom stereocenters. The first-order valence-electron chi connectivity index (χ1n) is 7.40. The van der Waals surface area contributed by atoms with Crippen LogP contribution in [0, 0.1) is 5.92 Å². The van der Waals surface area contributed by atoms with E-state index < -0.39 is 0 Å². The van der Waals surface area contributed by atoms with Crippen LogP contribution in [0.3, 0.4) is 0 Å². The minimum atomic E-state index is -0.0105. The minimum absolute atomic E-state index is 0.0105. The molecule has 2 atom stereocenters. The highest BCUT2D eigenvalue weighted by molar-refractivity contribution is 5.99. The molecule has 3 rings (SSSR count). The van der Waals surface area contributed by atoms with E-state index in [0.29, 0.717) is 11.6 Å². The number of amides is 1. The normalized spacial score (nSPS) is 20.5. The predicted octanol–water partition coefficient (Wildman–Crippen LogP) is 2.91. The predicted molar refractivity (Wildman–Crippen MR) is 88.5 cm³/mol. The molecule has 112 valence electrons. The van der Waals surface area contributed by atoms with Crippen LogP contribution in [-0.4, -0.2) is 11.6 Å². The molecule has 0 saturated heterocycles. The first kappa shape index (κ1) is 14.3. The summed E-state index contributed by atoms with van der Waals surface area (Å²) in [6.45, 7) is 1.87. The van der Waals surface area contributed by atoms with Crippen LogP contribution in [0.4, 0.5) is 5.69 Å². The van der Waals surface area contributed by atoms with E-state index in [1.165, 1.54) is 5.56 Å². The topological polar surface area (TPSA) is 67.5 Å². The molecule has 2 aromatic carbocycles. The quantitative estimate of drug-likeness (QED) is 0.517. The van der Waals surface area contributed by atoms with E-state index in [9.17, 15) is 4.79 Å². The Balaban J connectivity index is 1.59. The van der Waals surface area contributed by atoms with Gasteiger partial charge in [0, 0.05) is 11.6 Å². The van der Waals surface area contributed by atoms with Crippen molar-refractivity contribution in [1.29, 1.82) is 0 Å². The third-order valence-corrected chi connectivity index (χ3v) is 4.02. The summed E-state index contributed by atoms with van der Waals surface area (Å²) in [5, 5.41) is 4.19. The molecule has 0 heterocycles. The summed E-state index contributed by atoms with van der Waals surface area (Å²) in [4.78, 5) is 12.1. The van der Waals surface area contributed by atoms with Gasteiger partial charge in [-0.3, -0.25) is 4.79 Å². The van der Waals surface area contributed by atoms with E-state index in [0.717, 1.165) is 17.7 Å². The SMILES string of the molecule is C/C(=N/NC(=O)[C@@H]1C[C@H]1c1ccccc1)c1ccc(N)cc1. The highest BCUT2D eigenvalue weighted by Crippen LogP contribution is 2.47. The molecule has 1 fully saturated rings. The fraction of sp³-hybridized carbons (Fsp3) is 0.222. The lowest BCUT2D eigenvalue weighted by Gasteiger charge is -2.03. The van der Waals surface area contributed by atoms with E-state index in [2.05, 4.69) is 22.7 Å². The summed E-state index contributed by atoms with van der Waals surface area (Å²) in [7, 11) is 0. The number of rotatable bonds is 4. The zero-order chi connectivity index (χ0) is 15.5. The molecule has 0 radical (unpaired) electrons. The van der Waals surface area contributed by atoms with E-state index in [1.54, 1.807) is 0 Å². The molecular formula is C18H19N3O. The summed E-state index contributed by atoms with van der Waals surface area (Å²) in [5.74, 6) is 0.349. The largest absolute Gasteiger partial charge is 0.399 e. The van der Waals surface area contributed by atoms with Gasteiger partial charge in [0.2, 0.25) is 5.91 Å². The van der Waals surface area contributed by atoms with Gasteiger partial charge in [0.15, 0.2) is 0 Å². The summed E-state index contributed by atoms with van der Waals surface area (Å²) in [6.07, 6.45) is 0.895. The van der Waals surface area contributed by atoms with Crippen molar-refractivity contribution in [3.63, 3.8) is 0 Å². The Morgan fingerprint density at radius 3 is 2.50 bits per heavy atom. The number of carbonyl (C=O) groups is 1. The van der Waals surface area contributed by atoms with Gasteiger partial charge in [-0.1, -0.05) is 42.5 Å². The maximum absolute atomic E-state index is 12.1. The third kappa shape index (κ3) is 3.17.